The number of fused-ring (bicyclic) bond motifs is 1. The van der Waals surface area contributed by atoms with Crippen molar-refractivity contribution in [2.75, 3.05) is 13.1 Å². The van der Waals surface area contributed by atoms with Crippen LogP contribution < -0.4 is 5.32 Å². The molecule has 2 fully saturated rings. The van der Waals surface area contributed by atoms with Crippen LogP contribution in [-0.2, 0) is 16.1 Å². The van der Waals surface area contributed by atoms with Crippen LogP contribution in [0, 0.1) is 0 Å². The van der Waals surface area contributed by atoms with Crippen LogP contribution in [0.15, 0.2) is 24.4 Å². The van der Waals surface area contributed by atoms with E-state index in [0.29, 0.717) is 19.0 Å². The van der Waals surface area contributed by atoms with Gasteiger partial charge in [0.1, 0.15) is 12.4 Å². The topological polar surface area (TPSA) is 67.2 Å². The third-order valence-corrected chi connectivity index (χ3v) is 6.14. The second-order valence-corrected chi connectivity index (χ2v) is 8.18. The van der Waals surface area contributed by atoms with Crippen LogP contribution in [0.1, 0.15) is 63.5 Å². The van der Waals surface area contributed by atoms with Gasteiger partial charge in [-0.2, -0.15) is 0 Å². The standard InChI is InChI=1S/C22H30N4O2.ClH/c1-2-21(28)25-11-6-8-17(14-25)19-13-16-7-5-12-26(22(16)24-19)15-20(27)23-18-9-3-4-10-18;/h5,7,12-13,17-18H,2-4,6,8-11,14-15H2,1H3,(H,23,27);1H. The van der Waals surface area contributed by atoms with Gasteiger partial charge >= 0.3 is 0 Å². The first-order valence-electron chi connectivity index (χ1n) is 10.7. The molecule has 1 N–H and O–H groups in total. The molecule has 0 spiro atoms. The predicted octanol–water partition coefficient (Wildman–Crippen LogP) is 3.58. The molecule has 1 saturated heterocycles. The van der Waals surface area contributed by atoms with Crippen LogP contribution >= 0.6 is 12.4 Å². The number of rotatable bonds is 5. The fourth-order valence-electron chi connectivity index (χ4n) is 4.62. The lowest BCUT2D eigenvalue weighted by atomic mass is 9.94. The van der Waals surface area contributed by atoms with Crippen LogP contribution in [0.5, 0.6) is 0 Å². The lowest BCUT2D eigenvalue weighted by molar-refractivity contribution is -0.132. The summed E-state index contributed by atoms with van der Waals surface area (Å²) in [6.07, 6.45) is 9.16. The summed E-state index contributed by atoms with van der Waals surface area (Å²) >= 11 is 0. The van der Waals surface area contributed by atoms with Crippen LogP contribution in [-0.4, -0.2) is 45.4 Å². The summed E-state index contributed by atoms with van der Waals surface area (Å²) in [7, 11) is 0. The molecule has 1 aliphatic carbocycles. The normalized spacial score (nSPS) is 19.9. The minimum absolute atomic E-state index is 0. The maximum atomic E-state index is 12.5. The van der Waals surface area contributed by atoms with Gasteiger partial charge in [-0.05, 0) is 43.9 Å². The molecule has 3 aliphatic heterocycles. The smallest absolute Gasteiger partial charge is 0.240 e. The number of hydrogen-bond donors (Lipinski definition) is 1. The number of carbonyl (C=O) groups is 2. The van der Waals surface area contributed by atoms with Crippen molar-refractivity contribution in [1.82, 2.24) is 19.8 Å². The second kappa shape index (κ2) is 9.61. The number of pyridine rings is 1. The van der Waals surface area contributed by atoms with Crippen LogP contribution in [0.4, 0.5) is 0 Å². The average Bonchev–Trinajstić information content (AvgIpc) is 3.37. The molecular formula is C22H31ClN4O2. The number of piperidine rings is 1. The van der Waals surface area contributed by atoms with Gasteiger partial charge in [0.2, 0.25) is 11.8 Å². The highest BCUT2D eigenvalue weighted by Crippen LogP contribution is 2.32. The van der Waals surface area contributed by atoms with Gasteiger partial charge in [0, 0.05) is 48.9 Å². The number of amides is 2. The maximum Gasteiger partial charge on any atom is 0.240 e. The van der Waals surface area contributed by atoms with Crippen molar-refractivity contribution < 1.29 is 9.59 Å². The van der Waals surface area contributed by atoms with Crippen molar-refractivity contribution in [3.8, 4) is 11.4 Å². The fraction of sp³-hybridized carbons (Fsp3) is 0.591. The Labute approximate surface area is 178 Å². The number of hydrogen-bond acceptors (Lipinski definition) is 3. The third kappa shape index (κ3) is 4.92. The minimum Gasteiger partial charge on any atom is -0.352 e. The summed E-state index contributed by atoms with van der Waals surface area (Å²) in [5.74, 6) is 1.42. The van der Waals surface area contributed by atoms with Crippen molar-refractivity contribution in [2.24, 2.45) is 0 Å². The highest BCUT2D eigenvalue weighted by molar-refractivity contribution is 5.85. The van der Waals surface area contributed by atoms with Gasteiger partial charge in [0.05, 0.1) is 0 Å². The number of nitrogens with zero attached hydrogens (tertiary/aromatic N) is 3. The van der Waals surface area contributed by atoms with Crippen molar-refractivity contribution in [2.45, 2.75) is 70.4 Å². The quantitative estimate of drug-likeness (QED) is 0.806. The summed E-state index contributed by atoms with van der Waals surface area (Å²) in [5, 5.41) is 3.16. The Morgan fingerprint density at radius 2 is 2.00 bits per heavy atom. The summed E-state index contributed by atoms with van der Waals surface area (Å²) in [6.45, 7) is 3.82. The molecule has 0 bridgehead atoms. The number of halogens is 1. The SMILES string of the molecule is CCC(=O)N1CCCC(c2cc3cccn(CC(=O)NC4CCCC4)c-3n2)C1.Cl. The predicted molar refractivity (Wildman–Crippen MR) is 115 cm³/mol. The maximum absolute atomic E-state index is 12.5. The van der Waals surface area contributed by atoms with Crippen LogP contribution in [0.2, 0.25) is 0 Å². The van der Waals surface area contributed by atoms with E-state index in [9.17, 15) is 9.59 Å². The highest BCUT2D eigenvalue weighted by atomic mass is 35.5. The minimum atomic E-state index is 0. The molecule has 1 unspecified atom stereocenters. The molecule has 0 aromatic heterocycles. The van der Waals surface area contributed by atoms with Gasteiger partial charge < -0.3 is 14.8 Å². The van der Waals surface area contributed by atoms with Crippen molar-refractivity contribution >= 4 is 24.2 Å². The number of nitrogens with one attached hydrogen (secondary N) is 1. The zero-order valence-corrected chi connectivity index (χ0v) is 17.9. The first-order valence-corrected chi connectivity index (χ1v) is 10.7. The molecule has 3 heterocycles. The van der Waals surface area contributed by atoms with Gasteiger partial charge in [0.25, 0.3) is 0 Å². The van der Waals surface area contributed by atoms with E-state index in [1.54, 1.807) is 0 Å². The molecule has 0 aromatic carbocycles. The second-order valence-electron chi connectivity index (χ2n) is 8.18. The van der Waals surface area contributed by atoms with Crippen LogP contribution in [0.3, 0.4) is 0 Å². The van der Waals surface area contributed by atoms with Crippen molar-refractivity contribution in [1.29, 1.82) is 0 Å². The van der Waals surface area contributed by atoms with E-state index in [1.807, 2.05) is 28.7 Å². The Morgan fingerprint density at radius 1 is 1.21 bits per heavy atom. The summed E-state index contributed by atoms with van der Waals surface area (Å²) < 4.78 is 1.95. The number of aromatic nitrogens is 2. The van der Waals surface area contributed by atoms with Gasteiger partial charge in [-0.15, -0.1) is 12.4 Å². The number of likely N-dealkylation sites (tertiary alicyclic amines) is 1. The van der Waals surface area contributed by atoms with Gasteiger partial charge in [0.15, 0.2) is 0 Å². The fourth-order valence-corrected chi connectivity index (χ4v) is 4.62. The van der Waals surface area contributed by atoms with Crippen molar-refractivity contribution in [3.63, 3.8) is 0 Å². The summed E-state index contributed by atoms with van der Waals surface area (Å²) in [4.78, 5) is 31.4. The van der Waals surface area contributed by atoms with Crippen LogP contribution in [0.25, 0.3) is 11.4 Å². The van der Waals surface area contributed by atoms with E-state index in [-0.39, 0.29) is 30.1 Å². The molecule has 0 radical (unpaired) electrons. The molecule has 29 heavy (non-hydrogen) atoms. The molecule has 6 nitrogen and oxygen atoms in total. The third-order valence-electron chi connectivity index (χ3n) is 6.14. The van der Waals surface area contributed by atoms with E-state index >= 15 is 0 Å². The monoisotopic (exact) mass is 418 g/mol. The Hall–Kier alpha value is -2.08. The molecule has 2 amide bonds. The van der Waals surface area contributed by atoms with E-state index in [1.165, 1.54) is 12.8 Å². The summed E-state index contributed by atoms with van der Waals surface area (Å²) in [6, 6.07) is 6.49. The van der Waals surface area contributed by atoms with Gasteiger partial charge in [-0.1, -0.05) is 19.8 Å². The molecule has 0 aromatic rings. The highest BCUT2D eigenvalue weighted by Gasteiger charge is 2.27. The van der Waals surface area contributed by atoms with E-state index in [4.69, 9.17) is 4.98 Å². The van der Waals surface area contributed by atoms with Gasteiger partial charge in [-0.3, -0.25) is 9.59 Å². The zero-order chi connectivity index (χ0) is 19.5. The van der Waals surface area contributed by atoms with Gasteiger partial charge in [-0.25, -0.2) is 4.98 Å². The largest absolute Gasteiger partial charge is 0.352 e. The molecule has 158 valence electrons. The number of carbonyl (C=O) groups excluding carboxylic acids is 2. The van der Waals surface area contributed by atoms with E-state index in [2.05, 4.69) is 17.4 Å². The molecule has 7 heteroatoms. The molecule has 1 atom stereocenters. The van der Waals surface area contributed by atoms with E-state index < -0.39 is 0 Å². The lowest BCUT2D eigenvalue weighted by Crippen LogP contribution is -2.38. The first kappa shape index (κ1) is 21.6. The Kier molecular flexibility index (Phi) is 7.17. The Bertz CT molecular complexity index is 815. The zero-order valence-electron chi connectivity index (χ0n) is 17.1. The molecule has 4 aliphatic rings. The average molecular weight is 419 g/mol. The van der Waals surface area contributed by atoms with E-state index in [0.717, 1.165) is 55.9 Å². The molecule has 1 saturated carbocycles. The summed E-state index contributed by atoms with van der Waals surface area (Å²) in [5.41, 5.74) is 2.10. The Morgan fingerprint density at radius 3 is 2.76 bits per heavy atom. The first-order chi connectivity index (χ1) is 13.6. The molecule has 4 rings (SSSR count). The lowest BCUT2D eigenvalue weighted by Gasteiger charge is -2.32. The molecular weight excluding hydrogens is 388 g/mol. The van der Waals surface area contributed by atoms with Crippen molar-refractivity contribution in [3.05, 3.63) is 30.1 Å². The Balaban J connectivity index is 0.00000240.